The van der Waals surface area contributed by atoms with Crippen LogP contribution in [-0.4, -0.2) is 12.2 Å². The van der Waals surface area contributed by atoms with E-state index in [0.717, 1.165) is 0 Å². The van der Waals surface area contributed by atoms with Gasteiger partial charge in [-0.05, 0) is 44.7 Å². The van der Waals surface area contributed by atoms with Crippen molar-refractivity contribution in [1.82, 2.24) is 5.43 Å². The number of benzene rings is 1. The topological polar surface area (TPSA) is 47.3 Å². The summed E-state index contributed by atoms with van der Waals surface area (Å²) in [7, 11) is 0. The number of hydrogen-bond donors (Lipinski definition) is 2. The van der Waals surface area contributed by atoms with E-state index in [1.165, 1.54) is 16.7 Å². The highest BCUT2D eigenvalue weighted by Crippen LogP contribution is 2.40. The molecule has 3 heteroatoms. The fourth-order valence-corrected chi connectivity index (χ4v) is 3.45. The summed E-state index contributed by atoms with van der Waals surface area (Å²) in [4.78, 5) is 0. The van der Waals surface area contributed by atoms with Crippen LogP contribution in [0.25, 0.3) is 0 Å². The summed E-state index contributed by atoms with van der Waals surface area (Å²) in [5.41, 5.74) is 6.89. The highest BCUT2D eigenvalue weighted by Gasteiger charge is 2.42. The normalized spacial score (nSPS) is 32.5. The van der Waals surface area contributed by atoms with E-state index < -0.39 is 0 Å². The van der Waals surface area contributed by atoms with Crippen molar-refractivity contribution in [3.05, 3.63) is 34.9 Å². The number of rotatable bonds is 3. The van der Waals surface area contributed by atoms with E-state index in [4.69, 9.17) is 10.6 Å². The Labute approximate surface area is 116 Å². The molecule has 19 heavy (non-hydrogen) atoms. The van der Waals surface area contributed by atoms with Crippen LogP contribution in [0.2, 0.25) is 0 Å². The number of aryl methyl sites for hydroxylation is 2. The molecule has 0 aliphatic carbocycles. The third-order valence-corrected chi connectivity index (χ3v) is 4.64. The fourth-order valence-electron chi connectivity index (χ4n) is 3.45. The molecular formula is C16H26N2O. The van der Waals surface area contributed by atoms with Gasteiger partial charge in [-0.3, -0.25) is 11.3 Å². The van der Waals surface area contributed by atoms with Crippen molar-refractivity contribution in [2.75, 3.05) is 0 Å². The molecule has 1 aliphatic heterocycles. The molecule has 0 aromatic heterocycles. The lowest BCUT2D eigenvalue weighted by molar-refractivity contribution is 0.0475. The van der Waals surface area contributed by atoms with Crippen LogP contribution in [0.5, 0.6) is 0 Å². The van der Waals surface area contributed by atoms with Crippen LogP contribution < -0.4 is 11.3 Å². The Morgan fingerprint density at radius 1 is 1.16 bits per heavy atom. The van der Waals surface area contributed by atoms with Crippen LogP contribution in [-0.2, 0) is 4.74 Å². The van der Waals surface area contributed by atoms with E-state index in [9.17, 15) is 0 Å². The molecule has 5 unspecified atom stereocenters. The number of hydrazine groups is 1. The SMILES string of the molecule is Cc1ccc(C(NN)C2C(C)OC(C)C2C)c(C)c1. The molecule has 106 valence electrons. The number of nitrogens with two attached hydrogens (primary N) is 1. The zero-order valence-electron chi connectivity index (χ0n) is 12.6. The minimum atomic E-state index is 0.149. The number of nitrogens with one attached hydrogen (secondary N) is 1. The quantitative estimate of drug-likeness (QED) is 0.650. The summed E-state index contributed by atoms with van der Waals surface area (Å²) in [5, 5.41) is 0. The van der Waals surface area contributed by atoms with E-state index in [2.05, 4.69) is 58.2 Å². The second-order valence-corrected chi connectivity index (χ2v) is 5.99. The molecule has 1 saturated heterocycles. The first-order valence-electron chi connectivity index (χ1n) is 7.14. The summed E-state index contributed by atoms with van der Waals surface area (Å²) in [6.07, 6.45) is 0.522. The van der Waals surface area contributed by atoms with Gasteiger partial charge in [0, 0.05) is 5.92 Å². The monoisotopic (exact) mass is 262 g/mol. The van der Waals surface area contributed by atoms with Crippen LogP contribution in [0.15, 0.2) is 18.2 Å². The van der Waals surface area contributed by atoms with Crippen LogP contribution >= 0.6 is 0 Å². The average Bonchev–Trinajstić information content (AvgIpc) is 2.59. The smallest absolute Gasteiger partial charge is 0.0601 e. The fraction of sp³-hybridized carbons (Fsp3) is 0.625. The molecule has 0 bridgehead atoms. The van der Waals surface area contributed by atoms with Crippen LogP contribution in [0.4, 0.5) is 0 Å². The van der Waals surface area contributed by atoms with Crippen molar-refractivity contribution in [2.45, 2.75) is 52.9 Å². The molecule has 1 aromatic rings. The lowest BCUT2D eigenvalue weighted by atomic mass is 9.79. The summed E-state index contributed by atoms with van der Waals surface area (Å²) >= 11 is 0. The van der Waals surface area contributed by atoms with Crippen molar-refractivity contribution in [3.63, 3.8) is 0 Å². The summed E-state index contributed by atoms with van der Waals surface area (Å²) < 4.78 is 5.96. The Morgan fingerprint density at radius 3 is 2.32 bits per heavy atom. The van der Waals surface area contributed by atoms with Crippen molar-refractivity contribution in [1.29, 1.82) is 0 Å². The lowest BCUT2D eigenvalue weighted by Crippen LogP contribution is -2.39. The molecule has 0 spiro atoms. The molecule has 1 heterocycles. The molecule has 1 aliphatic rings. The first-order chi connectivity index (χ1) is 8.95. The van der Waals surface area contributed by atoms with Crippen LogP contribution in [0, 0.1) is 25.7 Å². The first-order valence-corrected chi connectivity index (χ1v) is 7.14. The van der Waals surface area contributed by atoms with Gasteiger partial charge >= 0.3 is 0 Å². The molecule has 0 amide bonds. The maximum absolute atomic E-state index is 5.96. The van der Waals surface area contributed by atoms with E-state index in [-0.39, 0.29) is 12.1 Å². The van der Waals surface area contributed by atoms with Gasteiger partial charge in [-0.1, -0.05) is 30.7 Å². The van der Waals surface area contributed by atoms with E-state index >= 15 is 0 Å². The van der Waals surface area contributed by atoms with Gasteiger partial charge in [-0.25, -0.2) is 0 Å². The molecule has 1 aromatic carbocycles. The summed E-state index contributed by atoms with van der Waals surface area (Å²) in [6, 6.07) is 6.71. The van der Waals surface area contributed by atoms with Gasteiger partial charge in [0.05, 0.1) is 18.2 Å². The Hall–Kier alpha value is -0.900. The van der Waals surface area contributed by atoms with Gasteiger partial charge in [-0.2, -0.15) is 0 Å². The van der Waals surface area contributed by atoms with Gasteiger partial charge in [0.2, 0.25) is 0 Å². The number of ether oxygens (including phenoxy) is 1. The highest BCUT2D eigenvalue weighted by molar-refractivity contribution is 5.33. The van der Waals surface area contributed by atoms with E-state index in [0.29, 0.717) is 17.9 Å². The zero-order valence-corrected chi connectivity index (χ0v) is 12.6. The summed E-state index contributed by atoms with van der Waals surface area (Å²) in [5.74, 6) is 6.76. The molecule has 3 N–H and O–H groups in total. The van der Waals surface area contributed by atoms with Crippen molar-refractivity contribution < 1.29 is 4.74 Å². The molecule has 1 fully saturated rings. The molecule has 0 radical (unpaired) electrons. The van der Waals surface area contributed by atoms with Crippen molar-refractivity contribution in [3.8, 4) is 0 Å². The number of hydrogen-bond acceptors (Lipinski definition) is 3. The maximum atomic E-state index is 5.96. The van der Waals surface area contributed by atoms with E-state index in [1.54, 1.807) is 0 Å². The van der Waals surface area contributed by atoms with Gasteiger partial charge in [0.25, 0.3) is 0 Å². The van der Waals surface area contributed by atoms with Gasteiger partial charge in [0.1, 0.15) is 0 Å². The van der Waals surface area contributed by atoms with E-state index in [1.807, 2.05) is 0 Å². The van der Waals surface area contributed by atoms with Crippen LogP contribution in [0.1, 0.15) is 43.5 Å². The molecule has 5 atom stereocenters. The highest BCUT2D eigenvalue weighted by atomic mass is 16.5. The molecule has 2 rings (SSSR count). The Bertz CT molecular complexity index is 446. The first kappa shape index (κ1) is 14.5. The second-order valence-electron chi connectivity index (χ2n) is 5.99. The average molecular weight is 262 g/mol. The van der Waals surface area contributed by atoms with Crippen molar-refractivity contribution in [2.24, 2.45) is 17.7 Å². The van der Waals surface area contributed by atoms with Crippen molar-refractivity contribution >= 4 is 0 Å². The Kier molecular flexibility index (Phi) is 4.29. The molecule has 3 nitrogen and oxygen atoms in total. The minimum absolute atomic E-state index is 0.149. The Balaban J connectivity index is 2.34. The molecule has 0 saturated carbocycles. The van der Waals surface area contributed by atoms with Gasteiger partial charge in [-0.15, -0.1) is 0 Å². The predicted molar refractivity (Wildman–Crippen MR) is 78.6 cm³/mol. The predicted octanol–water partition coefficient (Wildman–Crippen LogP) is 2.87. The largest absolute Gasteiger partial charge is 0.375 e. The van der Waals surface area contributed by atoms with Gasteiger partial charge < -0.3 is 4.74 Å². The van der Waals surface area contributed by atoms with Crippen LogP contribution in [0.3, 0.4) is 0 Å². The summed E-state index contributed by atoms with van der Waals surface area (Å²) in [6.45, 7) is 10.8. The third-order valence-electron chi connectivity index (χ3n) is 4.64. The van der Waals surface area contributed by atoms with Gasteiger partial charge in [0.15, 0.2) is 0 Å². The standard InChI is InChI=1S/C16H26N2O/c1-9-6-7-14(10(2)8-9)16(18-17)15-11(3)12(4)19-13(15)5/h6-8,11-13,15-16,18H,17H2,1-5H3. The maximum Gasteiger partial charge on any atom is 0.0601 e. The minimum Gasteiger partial charge on any atom is -0.375 e. The second kappa shape index (κ2) is 5.61. The lowest BCUT2D eigenvalue weighted by Gasteiger charge is -2.30. The zero-order chi connectivity index (χ0) is 14.2. The molecular weight excluding hydrogens is 236 g/mol. The Morgan fingerprint density at radius 2 is 1.84 bits per heavy atom. The third kappa shape index (κ3) is 2.69.